The first-order chi connectivity index (χ1) is 8.42. The van der Waals surface area contributed by atoms with Crippen LogP contribution in [0.3, 0.4) is 0 Å². The van der Waals surface area contributed by atoms with Gasteiger partial charge in [-0.1, -0.05) is 0 Å². The van der Waals surface area contributed by atoms with Crippen LogP contribution in [0.15, 0.2) is 27.5 Å². The molecule has 0 saturated carbocycles. The summed E-state index contributed by atoms with van der Waals surface area (Å²) in [4.78, 5) is 0.121. The minimum Gasteiger partial charge on any atom is -0.497 e. The number of ether oxygens (including phenoxy) is 1. The largest absolute Gasteiger partial charge is 0.497 e. The van der Waals surface area contributed by atoms with Crippen molar-refractivity contribution in [3.8, 4) is 5.75 Å². The fraction of sp³-hybridized carbons (Fsp3) is 0.364. The quantitative estimate of drug-likeness (QED) is 0.842. The van der Waals surface area contributed by atoms with Crippen LogP contribution in [0.5, 0.6) is 5.75 Å². The molecule has 0 fully saturated rings. The van der Waals surface area contributed by atoms with E-state index in [-0.39, 0.29) is 16.9 Å². The lowest BCUT2D eigenvalue weighted by Gasteiger charge is -2.20. The van der Waals surface area contributed by atoms with Gasteiger partial charge in [0, 0.05) is 12.1 Å². The molecule has 0 aliphatic carbocycles. The summed E-state index contributed by atoms with van der Waals surface area (Å²) in [6.07, 6.45) is 0. The number of sulfonamides is 1. The van der Waals surface area contributed by atoms with Crippen LogP contribution in [0, 0.1) is 0 Å². The topological polar surface area (TPSA) is 79.8 Å². The maximum Gasteiger partial charge on any atom is 0.287 e. The normalized spacial score (nSPS) is 16.6. The highest BCUT2D eigenvalue weighted by atomic mass is 32.2. The zero-order valence-electron chi connectivity index (χ0n) is 10.4. The Hall–Kier alpha value is -1.76. The van der Waals surface area contributed by atoms with Crippen LogP contribution in [0.1, 0.15) is 13.8 Å². The van der Waals surface area contributed by atoms with Crippen molar-refractivity contribution >= 4 is 21.7 Å². The molecule has 2 rings (SSSR count). The molecule has 0 saturated heterocycles. The molecule has 1 aliphatic rings. The molecule has 0 aromatic heterocycles. The number of rotatable bonds is 2. The van der Waals surface area contributed by atoms with Gasteiger partial charge in [0.1, 0.15) is 10.6 Å². The minimum absolute atomic E-state index is 0.0891. The van der Waals surface area contributed by atoms with Crippen molar-refractivity contribution in [3.05, 3.63) is 18.2 Å². The van der Waals surface area contributed by atoms with Crippen LogP contribution in [-0.2, 0) is 10.0 Å². The zero-order valence-corrected chi connectivity index (χ0v) is 11.2. The number of nitrogens with zero attached hydrogens (tertiary/aromatic N) is 1. The van der Waals surface area contributed by atoms with E-state index in [9.17, 15) is 8.42 Å². The second-order valence-electron chi connectivity index (χ2n) is 4.20. The lowest BCUT2D eigenvalue weighted by atomic mass is 10.3. The second kappa shape index (κ2) is 4.49. The molecule has 0 unspecified atom stereocenters. The molecule has 0 spiro atoms. The molecule has 0 amide bonds. The van der Waals surface area contributed by atoms with E-state index in [1.165, 1.54) is 13.2 Å². The Morgan fingerprint density at radius 2 is 2.11 bits per heavy atom. The number of hydrogen-bond acceptors (Lipinski definition) is 5. The standard InChI is InChI=1S/C11H15N3O3S/c1-7(2)12-11-13-9-5-4-8(17-3)6-10(9)18(15,16)14-11/h4-7H,1-3H3,(H2,12,13,14). The first-order valence-corrected chi connectivity index (χ1v) is 6.93. The van der Waals surface area contributed by atoms with Crippen LogP contribution >= 0.6 is 0 Å². The van der Waals surface area contributed by atoms with E-state index in [4.69, 9.17) is 4.74 Å². The van der Waals surface area contributed by atoms with E-state index >= 15 is 0 Å². The number of nitrogens with one attached hydrogen (secondary N) is 2. The van der Waals surface area contributed by atoms with E-state index in [2.05, 4.69) is 15.0 Å². The Balaban J connectivity index is 2.45. The van der Waals surface area contributed by atoms with Gasteiger partial charge in [0.05, 0.1) is 12.8 Å². The SMILES string of the molecule is COc1ccc2c(c1)S(=O)(=O)N=C(NC(C)C)N2. The summed E-state index contributed by atoms with van der Waals surface area (Å²) >= 11 is 0. The Bertz CT molecular complexity index is 594. The predicted octanol–water partition coefficient (Wildman–Crippen LogP) is 1.16. The number of methoxy groups -OCH3 is 1. The highest BCUT2D eigenvalue weighted by molar-refractivity contribution is 7.90. The summed E-state index contributed by atoms with van der Waals surface area (Å²) in [7, 11) is -2.20. The predicted molar refractivity (Wildman–Crippen MR) is 69.5 cm³/mol. The van der Waals surface area contributed by atoms with Crippen molar-refractivity contribution in [3.63, 3.8) is 0 Å². The zero-order chi connectivity index (χ0) is 13.3. The molecule has 0 bridgehead atoms. The van der Waals surface area contributed by atoms with Gasteiger partial charge in [0.25, 0.3) is 10.0 Å². The Kier molecular flexibility index (Phi) is 3.16. The van der Waals surface area contributed by atoms with E-state index in [0.29, 0.717) is 11.4 Å². The summed E-state index contributed by atoms with van der Waals surface area (Å²) < 4.78 is 32.7. The summed E-state index contributed by atoms with van der Waals surface area (Å²) in [5.74, 6) is 0.720. The van der Waals surface area contributed by atoms with Crippen molar-refractivity contribution in [2.45, 2.75) is 24.8 Å². The molecule has 0 atom stereocenters. The van der Waals surface area contributed by atoms with Gasteiger partial charge in [-0.15, -0.1) is 4.40 Å². The number of fused-ring (bicyclic) bond motifs is 1. The van der Waals surface area contributed by atoms with Crippen LogP contribution in [0.25, 0.3) is 0 Å². The van der Waals surface area contributed by atoms with Gasteiger partial charge in [0.2, 0.25) is 5.96 Å². The van der Waals surface area contributed by atoms with Gasteiger partial charge in [-0.2, -0.15) is 8.42 Å². The molecule has 2 N–H and O–H groups in total. The van der Waals surface area contributed by atoms with Crippen molar-refractivity contribution in [2.75, 3.05) is 12.4 Å². The Labute approximate surface area is 106 Å². The third-order valence-electron chi connectivity index (χ3n) is 2.36. The number of guanidine groups is 1. The van der Waals surface area contributed by atoms with E-state index < -0.39 is 10.0 Å². The smallest absolute Gasteiger partial charge is 0.287 e. The maximum atomic E-state index is 12.0. The second-order valence-corrected chi connectivity index (χ2v) is 5.77. The van der Waals surface area contributed by atoms with E-state index in [1.54, 1.807) is 12.1 Å². The van der Waals surface area contributed by atoms with Crippen molar-refractivity contribution < 1.29 is 13.2 Å². The van der Waals surface area contributed by atoms with Gasteiger partial charge in [-0.3, -0.25) is 0 Å². The fourth-order valence-corrected chi connectivity index (χ4v) is 2.70. The van der Waals surface area contributed by atoms with E-state index in [0.717, 1.165) is 0 Å². The maximum absolute atomic E-state index is 12.0. The van der Waals surface area contributed by atoms with Crippen LogP contribution in [-0.4, -0.2) is 27.5 Å². The average Bonchev–Trinajstić information content (AvgIpc) is 2.27. The van der Waals surface area contributed by atoms with Gasteiger partial charge in [-0.25, -0.2) is 0 Å². The summed E-state index contributed by atoms with van der Waals surface area (Å²) in [5.41, 5.74) is 0.494. The third kappa shape index (κ3) is 2.40. The van der Waals surface area contributed by atoms with Crippen molar-refractivity contribution in [1.29, 1.82) is 0 Å². The molecule has 1 aromatic carbocycles. The first-order valence-electron chi connectivity index (χ1n) is 5.49. The molecule has 1 aliphatic heterocycles. The molecular formula is C11H15N3O3S. The van der Waals surface area contributed by atoms with Gasteiger partial charge >= 0.3 is 0 Å². The minimum atomic E-state index is -3.69. The molecule has 0 radical (unpaired) electrons. The monoisotopic (exact) mass is 269 g/mol. The fourth-order valence-electron chi connectivity index (χ4n) is 1.60. The first kappa shape index (κ1) is 12.7. The lowest BCUT2D eigenvalue weighted by Crippen LogP contribution is -2.38. The molecule has 18 heavy (non-hydrogen) atoms. The van der Waals surface area contributed by atoms with Crippen molar-refractivity contribution in [1.82, 2.24) is 5.32 Å². The van der Waals surface area contributed by atoms with Crippen LogP contribution in [0.4, 0.5) is 5.69 Å². The highest BCUT2D eigenvalue weighted by Crippen LogP contribution is 2.30. The number of anilines is 1. The Morgan fingerprint density at radius 1 is 1.39 bits per heavy atom. The molecule has 98 valence electrons. The van der Waals surface area contributed by atoms with Crippen LogP contribution < -0.4 is 15.4 Å². The van der Waals surface area contributed by atoms with Crippen LogP contribution in [0.2, 0.25) is 0 Å². The van der Waals surface area contributed by atoms with Gasteiger partial charge in [-0.05, 0) is 26.0 Å². The molecule has 7 heteroatoms. The Morgan fingerprint density at radius 3 is 2.72 bits per heavy atom. The van der Waals surface area contributed by atoms with E-state index in [1.807, 2.05) is 13.8 Å². The average molecular weight is 269 g/mol. The summed E-state index contributed by atoms with van der Waals surface area (Å²) in [5, 5.41) is 5.87. The highest BCUT2D eigenvalue weighted by Gasteiger charge is 2.25. The summed E-state index contributed by atoms with van der Waals surface area (Å²) in [6.45, 7) is 3.81. The lowest BCUT2D eigenvalue weighted by molar-refractivity contribution is 0.413. The molecule has 1 heterocycles. The number of benzene rings is 1. The third-order valence-corrected chi connectivity index (χ3v) is 3.67. The van der Waals surface area contributed by atoms with Crippen molar-refractivity contribution in [2.24, 2.45) is 4.40 Å². The summed E-state index contributed by atoms with van der Waals surface area (Å²) in [6, 6.07) is 4.89. The van der Waals surface area contributed by atoms with Gasteiger partial charge in [0.15, 0.2) is 0 Å². The molecular weight excluding hydrogens is 254 g/mol. The molecule has 6 nitrogen and oxygen atoms in total. The molecule has 1 aromatic rings. The number of hydrogen-bond donors (Lipinski definition) is 2. The van der Waals surface area contributed by atoms with Gasteiger partial charge < -0.3 is 15.4 Å².